The van der Waals surface area contributed by atoms with Gasteiger partial charge in [-0.15, -0.1) is 0 Å². The monoisotopic (exact) mass is 467 g/mol. The van der Waals surface area contributed by atoms with Crippen LogP contribution in [0.4, 0.5) is 0 Å². The molecule has 6 heteroatoms. The van der Waals surface area contributed by atoms with E-state index in [0.717, 1.165) is 43.8 Å². The zero-order valence-corrected chi connectivity index (χ0v) is 19.9. The summed E-state index contributed by atoms with van der Waals surface area (Å²) in [7, 11) is 0. The number of fused-ring (bicyclic) bond motifs is 1. The maximum absolute atomic E-state index is 10.7. The first-order chi connectivity index (χ1) is 17.2. The van der Waals surface area contributed by atoms with Gasteiger partial charge in [0.2, 0.25) is 0 Å². The van der Waals surface area contributed by atoms with Crippen LogP contribution in [0.25, 0.3) is 11.0 Å². The zero-order valence-electron chi connectivity index (χ0n) is 19.9. The van der Waals surface area contributed by atoms with Gasteiger partial charge in [0.25, 0.3) is 0 Å². The molecule has 0 aliphatic carbocycles. The Kier molecular flexibility index (Phi) is 7.21. The number of benzene rings is 3. The normalized spacial score (nSPS) is 15.1. The minimum Gasteiger partial charge on any atom is -0.550 e. The van der Waals surface area contributed by atoms with Crippen molar-refractivity contribution in [3.8, 4) is 0 Å². The van der Waals surface area contributed by atoms with E-state index in [1.165, 1.54) is 16.7 Å². The van der Waals surface area contributed by atoms with Gasteiger partial charge in [0.05, 0.1) is 23.4 Å². The van der Waals surface area contributed by atoms with E-state index in [1.54, 1.807) is 6.33 Å². The summed E-state index contributed by atoms with van der Waals surface area (Å²) < 4.78 is 2.02. The standard InChI is InChI=1S/C29H32N4O2/c34-28(35)12-7-15-33-22-30-26-20-23(13-14-27(26)33)21-31-16-18-32(19-17-31)29(24-8-3-1-4-9-24)25-10-5-2-6-11-25/h1-6,8-11,13-14,20,22,29H,7,12,15-19,21H2,(H,34,35)/p-1. The molecule has 35 heavy (non-hydrogen) atoms. The van der Waals surface area contributed by atoms with Crippen LogP contribution in [0.2, 0.25) is 0 Å². The van der Waals surface area contributed by atoms with E-state index in [0.29, 0.717) is 13.0 Å². The van der Waals surface area contributed by atoms with Crippen LogP contribution in [0, 0.1) is 0 Å². The number of hydrogen-bond donors (Lipinski definition) is 0. The van der Waals surface area contributed by atoms with Gasteiger partial charge in [-0.1, -0.05) is 66.7 Å². The summed E-state index contributed by atoms with van der Waals surface area (Å²) >= 11 is 0. The first-order valence-electron chi connectivity index (χ1n) is 12.4. The number of carboxylic acid groups (broad SMARTS) is 1. The Morgan fingerprint density at radius 2 is 1.54 bits per heavy atom. The van der Waals surface area contributed by atoms with Crippen molar-refractivity contribution in [3.63, 3.8) is 0 Å². The topological polar surface area (TPSA) is 64.4 Å². The highest BCUT2D eigenvalue weighted by atomic mass is 16.4. The highest BCUT2D eigenvalue weighted by Crippen LogP contribution is 2.29. The van der Waals surface area contributed by atoms with Crippen molar-refractivity contribution in [2.24, 2.45) is 0 Å². The lowest BCUT2D eigenvalue weighted by atomic mass is 9.96. The Labute approximate surface area is 206 Å². The fraction of sp³-hybridized carbons (Fsp3) is 0.310. The molecule has 5 rings (SSSR count). The smallest absolute Gasteiger partial charge is 0.0958 e. The van der Waals surface area contributed by atoms with Crippen molar-refractivity contribution in [2.75, 3.05) is 26.2 Å². The number of aliphatic carboxylic acids is 1. The molecule has 1 aliphatic heterocycles. The molecule has 0 radical (unpaired) electrons. The third-order valence-electron chi connectivity index (χ3n) is 6.87. The quantitative estimate of drug-likeness (QED) is 0.377. The summed E-state index contributed by atoms with van der Waals surface area (Å²) in [6.45, 7) is 5.61. The van der Waals surface area contributed by atoms with Crippen molar-refractivity contribution in [1.29, 1.82) is 0 Å². The molecule has 0 unspecified atom stereocenters. The molecule has 2 heterocycles. The molecule has 6 nitrogen and oxygen atoms in total. The van der Waals surface area contributed by atoms with E-state index in [2.05, 4.69) is 93.6 Å². The molecule has 0 saturated carbocycles. The number of aryl methyl sites for hydroxylation is 1. The van der Waals surface area contributed by atoms with Gasteiger partial charge in [-0.05, 0) is 41.7 Å². The lowest BCUT2D eigenvalue weighted by molar-refractivity contribution is -0.305. The molecular formula is C29H31N4O2-. The predicted molar refractivity (Wildman–Crippen MR) is 136 cm³/mol. The molecule has 1 aromatic heterocycles. The van der Waals surface area contributed by atoms with Gasteiger partial charge in [0.1, 0.15) is 0 Å². The molecule has 0 spiro atoms. The third-order valence-corrected chi connectivity index (χ3v) is 6.87. The first kappa shape index (κ1) is 23.3. The van der Waals surface area contributed by atoms with Crippen LogP contribution in [0.15, 0.2) is 85.2 Å². The fourth-order valence-electron chi connectivity index (χ4n) is 5.10. The molecule has 180 valence electrons. The Morgan fingerprint density at radius 3 is 2.17 bits per heavy atom. The van der Waals surface area contributed by atoms with Crippen LogP contribution in [-0.4, -0.2) is 51.5 Å². The van der Waals surface area contributed by atoms with Crippen LogP contribution in [0.5, 0.6) is 0 Å². The summed E-state index contributed by atoms with van der Waals surface area (Å²) in [6.07, 6.45) is 2.42. The van der Waals surface area contributed by atoms with E-state index in [-0.39, 0.29) is 12.5 Å². The molecule has 0 bridgehead atoms. The van der Waals surface area contributed by atoms with Gasteiger partial charge >= 0.3 is 0 Å². The van der Waals surface area contributed by atoms with Crippen LogP contribution < -0.4 is 5.11 Å². The molecule has 3 aromatic carbocycles. The Hall–Kier alpha value is -3.48. The number of aromatic nitrogens is 2. The van der Waals surface area contributed by atoms with Gasteiger partial charge in [-0.3, -0.25) is 9.80 Å². The number of carbonyl (C=O) groups is 1. The summed E-state index contributed by atoms with van der Waals surface area (Å²) in [4.78, 5) is 20.3. The molecule has 0 atom stereocenters. The molecule has 0 amide bonds. The summed E-state index contributed by atoms with van der Waals surface area (Å²) in [5.41, 5.74) is 5.95. The van der Waals surface area contributed by atoms with E-state index < -0.39 is 5.97 Å². The summed E-state index contributed by atoms with van der Waals surface area (Å²) in [5.74, 6) is -1.00. The van der Waals surface area contributed by atoms with E-state index in [1.807, 2.05) is 4.57 Å². The maximum Gasteiger partial charge on any atom is 0.0958 e. The molecule has 1 saturated heterocycles. The number of carboxylic acids is 1. The van der Waals surface area contributed by atoms with Crippen LogP contribution >= 0.6 is 0 Å². The van der Waals surface area contributed by atoms with Crippen LogP contribution in [0.1, 0.15) is 35.6 Å². The Bertz CT molecular complexity index is 1210. The minimum atomic E-state index is -1.00. The van der Waals surface area contributed by atoms with Crippen molar-refractivity contribution in [2.45, 2.75) is 32.0 Å². The highest BCUT2D eigenvalue weighted by molar-refractivity contribution is 5.76. The lowest BCUT2D eigenvalue weighted by Gasteiger charge is -2.39. The number of rotatable bonds is 9. The van der Waals surface area contributed by atoms with Crippen molar-refractivity contribution in [1.82, 2.24) is 19.4 Å². The second-order valence-electron chi connectivity index (χ2n) is 9.27. The second-order valence-corrected chi connectivity index (χ2v) is 9.27. The van der Waals surface area contributed by atoms with E-state index in [9.17, 15) is 9.90 Å². The van der Waals surface area contributed by atoms with E-state index in [4.69, 9.17) is 0 Å². The molecular weight excluding hydrogens is 436 g/mol. The summed E-state index contributed by atoms with van der Waals surface area (Å²) in [6, 6.07) is 28.3. The molecule has 4 aromatic rings. The second kappa shape index (κ2) is 10.8. The fourth-order valence-corrected chi connectivity index (χ4v) is 5.10. The largest absolute Gasteiger partial charge is 0.550 e. The first-order valence-corrected chi connectivity index (χ1v) is 12.4. The number of piperazine rings is 1. The van der Waals surface area contributed by atoms with Crippen molar-refractivity contribution in [3.05, 3.63) is 102 Å². The highest BCUT2D eigenvalue weighted by Gasteiger charge is 2.26. The third kappa shape index (κ3) is 5.61. The van der Waals surface area contributed by atoms with Gasteiger partial charge in [0, 0.05) is 45.2 Å². The van der Waals surface area contributed by atoms with Gasteiger partial charge in [-0.25, -0.2) is 4.98 Å². The number of carbonyl (C=O) groups excluding carboxylic acids is 1. The van der Waals surface area contributed by atoms with Crippen molar-refractivity contribution >= 4 is 17.0 Å². The average molecular weight is 468 g/mol. The van der Waals surface area contributed by atoms with Gasteiger partial charge < -0.3 is 14.5 Å². The Balaban J connectivity index is 1.23. The van der Waals surface area contributed by atoms with Crippen LogP contribution in [0.3, 0.4) is 0 Å². The maximum atomic E-state index is 10.7. The van der Waals surface area contributed by atoms with E-state index >= 15 is 0 Å². The van der Waals surface area contributed by atoms with Crippen LogP contribution in [-0.2, 0) is 17.9 Å². The molecule has 1 fully saturated rings. The minimum absolute atomic E-state index is 0.0686. The van der Waals surface area contributed by atoms with Gasteiger partial charge in [0.15, 0.2) is 0 Å². The molecule has 0 N–H and O–H groups in total. The zero-order chi connectivity index (χ0) is 24.0. The number of imidazole rings is 1. The van der Waals surface area contributed by atoms with Gasteiger partial charge in [-0.2, -0.15) is 0 Å². The summed E-state index contributed by atoms with van der Waals surface area (Å²) in [5, 5.41) is 10.7. The number of hydrogen-bond acceptors (Lipinski definition) is 5. The molecule has 1 aliphatic rings. The van der Waals surface area contributed by atoms with Crippen molar-refractivity contribution < 1.29 is 9.90 Å². The average Bonchev–Trinajstić information content (AvgIpc) is 3.28. The Morgan fingerprint density at radius 1 is 0.886 bits per heavy atom. The lowest BCUT2D eigenvalue weighted by Crippen LogP contribution is -2.47. The SMILES string of the molecule is O=C([O-])CCCn1cnc2cc(CN3CCN(C(c4ccccc4)c4ccccc4)CC3)ccc21. The predicted octanol–water partition coefficient (Wildman–Crippen LogP) is 3.47. The number of nitrogens with zero attached hydrogens (tertiary/aromatic N) is 4.